The molecule has 2 aromatic carbocycles. The number of ether oxygens (including phenoxy) is 1. The lowest BCUT2D eigenvalue weighted by Crippen LogP contribution is -2.48. The fraction of sp³-hybridized carbons (Fsp3) is 0.458. The summed E-state index contributed by atoms with van der Waals surface area (Å²) in [6, 6.07) is 12.7. The van der Waals surface area contributed by atoms with Crippen LogP contribution in [0.25, 0.3) is 0 Å². The summed E-state index contributed by atoms with van der Waals surface area (Å²) < 4.78 is 5.74. The van der Waals surface area contributed by atoms with Gasteiger partial charge in [0.05, 0.1) is 12.8 Å². The molecule has 0 N–H and O–H groups in total. The van der Waals surface area contributed by atoms with Crippen molar-refractivity contribution >= 4 is 17.6 Å². The number of rotatable bonds is 5. The van der Waals surface area contributed by atoms with Crippen molar-refractivity contribution in [1.29, 1.82) is 0 Å². The Labute approximate surface area is 164 Å². The average Bonchev–Trinajstić information content (AvgIpc) is 2.62. The summed E-state index contributed by atoms with van der Waals surface area (Å²) >= 11 is 0. The van der Waals surface area contributed by atoms with Crippen LogP contribution in [0.5, 0.6) is 5.75 Å². The molecule has 0 fully saturated rings. The lowest BCUT2D eigenvalue weighted by atomic mass is 9.79. The van der Waals surface area contributed by atoms with Gasteiger partial charge in [0.25, 0.3) is 0 Å². The second kappa shape index (κ2) is 7.75. The number of hydrogen-bond donors (Lipinski definition) is 0. The van der Waals surface area contributed by atoms with E-state index in [9.17, 15) is 0 Å². The quantitative estimate of drug-likeness (QED) is 0.585. The van der Waals surface area contributed by atoms with E-state index in [1.165, 1.54) is 16.8 Å². The average molecular weight is 365 g/mol. The van der Waals surface area contributed by atoms with Gasteiger partial charge in [0, 0.05) is 35.6 Å². The number of aliphatic imine (C=N–C) groups is 1. The Morgan fingerprint density at radius 3 is 2.70 bits per heavy atom. The minimum absolute atomic E-state index is 0.157. The van der Waals surface area contributed by atoms with Crippen molar-refractivity contribution in [3.63, 3.8) is 0 Å². The second-order valence-corrected chi connectivity index (χ2v) is 8.32. The molecule has 144 valence electrons. The molecular formula is C24H32N2O. The van der Waals surface area contributed by atoms with Crippen molar-refractivity contribution in [1.82, 2.24) is 0 Å². The summed E-state index contributed by atoms with van der Waals surface area (Å²) in [5, 5.41) is 0. The van der Waals surface area contributed by atoms with Crippen LogP contribution in [0.15, 0.2) is 41.4 Å². The van der Waals surface area contributed by atoms with E-state index < -0.39 is 0 Å². The van der Waals surface area contributed by atoms with Crippen LogP contribution in [0, 0.1) is 6.92 Å². The van der Waals surface area contributed by atoms with E-state index in [2.05, 4.69) is 68.8 Å². The summed E-state index contributed by atoms with van der Waals surface area (Å²) in [5.41, 5.74) is 6.09. The highest BCUT2D eigenvalue weighted by Gasteiger charge is 2.36. The zero-order valence-corrected chi connectivity index (χ0v) is 17.5. The molecule has 1 aliphatic heterocycles. The molecule has 0 amide bonds. The maximum atomic E-state index is 5.74. The van der Waals surface area contributed by atoms with Crippen molar-refractivity contribution in [2.75, 3.05) is 18.6 Å². The molecule has 0 radical (unpaired) electrons. The first-order valence-corrected chi connectivity index (χ1v) is 9.96. The van der Waals surface area contributed by atoms with Crippen LogP contribution in [0.2, 0.25) is 0 Å². The molecular weight excluding hydrogens is 332 g/mol. The van der Waals surface area contributed by atoms with E-state index in [-0.39, 0.29) is 5.54 Å². The van der Waals surface area contributed by atoms with E-state index in [0.29, 0.717) is 5.92 Å². The van der Waals surface area contributed by atoms with Gasteiger partial charge in [-0.25, -0.2) is 0 Å². The van der Waals surface area contributed by atoms with Crippen LogP contribution in [-0.4, -0.2) is 25.4 Å². The Morgan fingerprint density at radius 2 is 2.04 bits per heavy atom. The topological polar surface area (TPSA) is 24.8 Å². The molecule has 1 unspecified atom stereocenters. The number of anilines is 1. The van der Waals surface area contributed by atoms with Crippen LogP contribution in [0.3, 0.4) is 0 Å². The summed E-state index contributed by atoms with van der Waals surface area (Å²) in [4.78, 5) is 7.23. The van der Waals surface area contributed by atoms with Gasteiger partial charge in [0.2, 0.25) is 0 Å². The standard InChI is InChI=1S/C24H32N2O/c1-7-11-26-22-14-23(27-6)19(13-21(22)18(3)15-24(26,4)5)16-25-20-10-8-9-17(2)12-20/h8-10,12-14,16,18H,7,11,15H2,1-6H3. The molecule has 3 heteroatoms. The lowest BCUT2D eigenvalue weighted by Gasteiger charge is -2.47. The normalized spacial score (nSPS) is 18.6. The van der Waals surface area contributed by atoms with Gasteiger partial charge >= 0.3 is 0 Å². The maximum Gasteiger partial charge on any atom is 0.129 e. The molecule has 3 nitrogen and oxygen atoms in total. The zero-order valence-electron chi connectivity index (χ0n) is 17.5. The van der Waals surface area contributed by atoms with E-state index in [1.807, 2.05) is 18.3 Å². The molecule has 0 spiro atoms. The smallest absolute Gasteiger partial charge is 0.129 e. The molecule has 0 aromatic heterocycles. The molecule has 0 aliphatic carbocycles. The van der Waals surface area contributed by atoms with Gasteiger partial charge in [-0.15, -0.1) is 0 Å². The van der Waals surface area contributed by atoms with Crippen LogP contribution in [-0.2, 0) is 0 Å². The molecule has 2 aromatic rings. The largest absolute Gasteiger partial charge is 0.496 e. The predicted molar refractivity (Wildman–Crippen MR) is 116 cm³/mol. The minimum atomic E-state index is 0.157. The first kappa shape index (κ1) is 19.5. The van der Waals surface area contributed by atoms with Crippen molar-refractivity contribution in [3.05, 3.63) is 53.1 Å². The van der Waals surface area contributed by atoms with Gasteiger partial charge in [-0.05, 0) is 68.9 Å². The Bertz CT molecular complexity index is 838. The minimum Gasteiger partial charge on any atom is -0.496 e. The highest BCUT2D eigenvalue weighted by atomic mass is 16.5. The SMILES string of the molecule is CCCN1c2cc(OC)c(C=Nc3cccc(C)c3)cc2C(C)CC1(C)C. The summed E-state index contributed by atoms with van der Waals surface area (Å²) in [6.45, 7) is 12.4. The summed E-state index contributed by atoms with van der Waals surface area (Å²) in [6.07, 6.45) is 4.22. The number of hydrogen-bond acceptors (Lipinski definition) is 3. The molecule has 1 atom stereocenters. The highest BCUT2D eigenvalue weighted by molar-refractivity contribution is 5.87. The second-order valence-electron chi connectivity index (χ2n) is 8.32. The summed E-state index contributed by atoms with van der Waals surface area (Å²) in [5.74, 6) is 1.40. The Hall–Kier alpha value is -2.29. The Balaban J connectivity index is 2.04. The number of aryl methyl sites for hydroxylation is 1. The van der Waals surface area contributed by atoms with E-state index in [1.54, 1.807) is 7.11 Å². The predicted octanol–water partition coefficient (Wildman–Crippen LogP) is 6.26. The first-order chi connectivity index (χ1) is 12.9. The van der Waals surface area contributed by atoms with E-state index in [4.69, 9.17) is 4.74 Å². The van der Waals surface area contributed by atoms with E-state index >= 15 is 0 Å². The first-order valence-electron chi connectivity index (χ1n) is 9.96. The van der Waals surface area contributed by atoms with Crippen molar-refractivity contribution in [2.24, 2.45) is 4.99 Å². The number of methoxy groups -OCH3 is 1. The van der Waals surface area contributed by atoms with Crippen molar-refractivity contribution in [2.45, 2.75) is 58.9 Å². The lowest BCUT2D eigenvalue weighted by molar-refractivity contribution is 0.372. The molecule has 27 heavy (non-hydrogen) atoms. The number of nitrogens with zero attached hydrogens (tertiary/aromatic N) is 2. The van der Waals surface area contributed by atoms with Crippen molar-refractivity contribution < 1.29 is 4.74 Å². The van der Waals surface area contributed by atoms with Gasteiger partial charge in [-0.3, -0.25) is 4.99 Å². The molecule has 0 saturated carbocycles. The highest BCUT2D eigenvalue weighted by Crippen LogP contribution is 2.45. The van der Waals surface area contributed by atoms with Crippen LogP contribution in [0.4, 0.5) is 11.4 Å². The molecule has 1 aliphatic rings. The van der Waals surface area contributed by atoms with Gasteiger partial charge in [-0.1, -0.05) is 26.0 Å². The number of fused-ring (bicyclic) bond motifs is 1. The number of benzene rings is 2. The third-order valence-electron chi connectivity index (χ3n) is 5.54. The monoisotopic (exact) mass is 364 g/mol. The Kier molecular flexibility index (Phi) is 5.59. The van der Waals surface area contributed by atoms with Crippen LogP contribution in [0.1, 0.15) is 63.1 Å². The summed E-state index contributed by atoms with van der Waals surface area (Å²) in [7, 11) is 1.74. The fourth-order valence-corrected chi connectivity index (χ4v) is 4.30. The molecule has 0 bridgehead atoms. The molecule has 1 heterocycles. The van der Waals surface area contributed by atoms with Gasteiger partial charge < -0.3 is 9.64 Å². The zero-order chi connectivity index (χ0) is 19.6. The maximum absolute atomic E-state index is 5.74. The molecule has 0 saturated heterocycles. The van der Waals surface area contributed by atoms with Gasteiger partial charge in [-0.2, -0.15) is 0 Å². The third-order valence-corrected chi connectivity index (χ3v) is 5.54. The van der Waals surface area contributed by atoms with Crippen molar-refractivity contribution in [3.8, 4) is 5.75 Å². The van der Waals surface area contributed by atoms with Crippen LogP contribution >= 0.6 is 0 Å². The van der Waals surface area contributed by atoms with Crippen LogP contribution < -0.4 is 9.64 Å². The van der Waals surface area contributed by atoms with Gasteiger partial charge in [0.1, 0.15) is 5.75 Å². The Morgan fingerprint density at radius 1 is 1.26 bits per heavy atom. The fourth-order valence-electron chi connectivity index (χ4n) is 4.30. The molecule has 3 rings (SSSR count). The van der Waals surface area contributed by atoms with E-state index in [0.717, 1.165) is 36.4 Å². The third kappa shape index (κ3) is 4.02. The van der Waals surface area contributed by atoms with Gasteiger partial charge in [0.15, 0.2) is 0 Å².